The molecule has 0 radical (unpaired) electrons. The predicted octanol–water partition coefficient (Wildman–Crippen LogP) is 3.82. The van der Waals surface area contributed by atoms with Gasteiger partial charge in [-0.15, -0.1) is 0 Å². The second-order valence-electron chi connectivity index (χ2n) is 9.05. The lowest BCUT2D eigenvalue weighted by Gasteiger charge is -2.34. The highest BCUT2D eigenvalue weighted by molar-refractivity contribution is 5.99. The van der Waals surface area contributed by atoms with Crippen LogP contribution in [-0.2, 0) is 4.79 Å². The summed E-state index contributed by atoms with van der Waals surface area (Å²) < 4.78 is 45.9. The molecule has 2 N–H and O–H groups in total. The molecular weight excluding hydrogens is 511 g/mol. The van der Waals surface area contributed by atoms with E-state index in [4.69, 9.17) is 0 Å². The average Bonchev–Trinajstić information content (AvgIpc) is 2.92. The second-order valence-corrected chi connectivity index (χ2v) is 9.05. The monoisotopic (exact) mass is 535 g/mol. The molecule has 4 aromatic rings. The molecule has 0 spiro atoms. The Balaban J connectivity index is 1.51. The molecule has 1 aliphatic rings. The van der Waals surface area contributed by atoms with E-state index in [1.807, 2.05) is 7.05 Å². The van der Waals surface area contributed by atoms with Crippen molar-refractivity contribution in [1.82, 2.24) is 19.4 Å². The third-order valence-electron chi connectivity index (χ3n) is 6.40. The van der Waals surface area contributed by atoms with Gasteiger partial charge >= 0.3 is 0 Å². The van der Waals surface area contributed by atoms with E-state index in [-0.39, 0.29) is 39.7 Å². The Kier molecular flexibility index (Phi) is 7.03. The summed E-state index contributed by atoms with van der Waals surface area (Å²) in [5.41, 5.74) is 0.0872. The first-order valence-electron chi connectivity index (χ1n) is 12.0. The zero-order chi connectivity index (χ0) is 27.7. The molecule has 9 nitrogen and oxygen atoms in total. The lowest BCUT2D eigenvalue weighted by atomic mass is 10.2. The largest absolute Gasteiger partial charge is 0.367 e. The van der Waals surface area contributed by atoms with Crippen LogP contribution in [0, 0.1) is 17.5 Å². The van der Waals surface area contributed by atoms with Crippen molar-refractivity contribution in [2.45, 2.75) is 0 Å². The summed E-state index contributed by atoms with van der Waals surface area (Å²) in [6.45, 7) is 5.99. The number of nitrogens with zero attached hydrogens (tertiary/aromatic N) is 5. The van der Waals surface area contributed by atoms with Gasteiger partial charge in [0.1, 0.15) is 5.82 Å². The molecule has 5 rings (SSSR count). The molecule has 12 heteroatoms. The van der Waals surface area contributed by atoms with Crippen molar-refractivity contribution in [3.63, 3.8) is 0 Å². The Hall–Kier alpha value is -4.71. The van der Waals surface area contributed by atoms with E-state index in [0.29, 0.717) is 13.1 Å². The maximum Gasteiger partial charge on any atom is 0.247 e. The summed E-state index contributed by atoms with van der Waals surface area (Å²) >= 11 is 0. The zero-order valence-electron chi connectivity index (χ0n) is 20.9. The van der Waals surface area contributed by atoms with Crippen molar-refractivity contribution in [2.75, 3.05) is 48.8 Å². The number of hydrogen-bond donors (Lipinski definition) is 2. The van der Waals surface area contributed by atoms with E-state index in [2.05, 4.69) is 32.1 Å². The number of piperazine rings is 1. The quantitative estimate of drug-likeness (QED) is 0.363. The molecule has 2 aromatic heterocycles. The molecule has 200 valence electrons. The molecule has 0 unspecified atom stereocenters. The minimum absolute atomic E-state index is 0.0848. The van der Waals surface area contributed by atoms with Crippen LogP contribution in [0.1, 0.15) is 0 Å². The van der Waals surface area contributed by atoms with Crippen molar-refractivity contribution in [1.29, 1.82) is 0 Å². The maximum absolute atomic E-state index is 15.1. The van der Waals surface area contributed by atoms with Gasteiger partial charge in [0, 0.05) is 50.3 Å². The minimum atomic E-state index is -1.09. The first-order chi connectivity index (χ1) is 18.7. The molecule has 0 aliphatic carbocycles. The average molecular weight is 536 g/mol. The number of aromatic nitrogens is 3. The Morgan fingerprint density at radius 1 is 1.05 bits per heavy atom. The molecule has 1 aliphatic heterocycles. The van der Waals surface area contributed by atoms with E-state index in [1.165, 1.54) is 47.3 Å². The van der Waals surface area contributed by atoms with Crippen LogP contribution in [0.15, 0.2) is 66.2 Å². The normalized spacial score (nSPS) is 13.9. The number of amides is 1. The van der Waals surface area contributed by atoms with Crippen molar-refractivity contribution >= 4 is 40.0 Å². The maximum atomic E-state index is 15.1. The van der Waals surface area contributed by atoms with Crippen LogP contribution in [0.4, 0.5) is 36.2 Å². The first kappa shape index (κ1) is 25.9. The summed E-state index contributed by atoms with van der Waals surface area (Å²) in [4.78, 5) is 36.5. The Morgan fingerprint density at radius 3 is 2.56 bits per heavy atom. The number of anilines is 4. The number of rotatable bonds is 6. The van der Waals surface area contributed by atoms with Crippen molar-refractivity contribution in [3.05, 3.63) is 89.1 Å². The highest BCUT2D eigenvalue weighted by Crippen LogP contribution is 2.29. The summed E-state index contributed by atoms with van der Waals surface area (Å²) in [6.07, 6.45) is 3.68. The van der Waals surface area contributed by atoms with Crippen molar-refractivity contribution < 1.29 is 18.0 Å². The van der Waals surface area contributed by atoms with Crippen LogP contribution in [0.3, 0.4) is 0 Å². The molecule has 0 atom stereocenters. The third kappa shape index (κ3) is 5.32. The summed E-state index contributed by atoms with van der Waals surface area (Å²) in [7, 11) is 1.97. The molecular formula is C27H24F3N7O2. The van der Waals surface area contributed by atoms with Gasteiger partial charge in [-0.2, -0.15) is 4.98 Å². The highest BCUT2D eigenvalue weighted by Gasteiger charge is 2.22. The SMILES string of the molecule is C=CC(=O)Nc1cc(F)cc(-n2ccc(=O)c3cnc(Nc4ccc(N5CCN(C)CC5)c(F)c4F)nc32)c1. The fourth-order valence-corrected chi connectivity index (χ4v) is 4.33. The number of fused-ring (bicyclic) bond motifs is 1. The minimum Gasteiger partial charge on any atom is -0.367 e. The molecule has 0 saturated carbocycles. The third-order valence-corrected chi connectivity index (χ3v) is 6.40. The lowest BCUT2D eigenvalue weighted by molar-refractivity contribution is -0.111. The van der Waals surface area contributed by atoms with Gasteiger partial charge < -0.3 is 25.0 Å². The highest BCUT2D eigenvalue weighted by atomic mass is 19.2. The molecule has 1 fully saturated rings. The first-order valence-corrected chi connectivity index (χ1v) is 12.0. The molecule has 1 saturated heterocycles. The van der Waals surface area contributed by atoms with E-state index in [1.54, 1.807) is 4.90 Å². The molecule has 3 heterocycles. The van der Waals surface area contributed by atoms with Crippen molar-refractivity contribution in [2.24, 2.45) is 0 Å². The number of likely N-dealkylation sites (N-methyl/N-ethyl adjacent to an activating group) is 1. The number of halogens is 3. The number of nitrogens with one attached hydrogen (secondary N) is 2. The summed E-state index contributed by atoms with van der Waals surface area (Å²) in [5, 5.41) is 5.28. The van der Waals surface area contributed by atoms with E-state index in [0.717, 1.165) is 25.2 Å². The van der Waals surface area contributed by atoms with Gasteiger partial charge in [-0.05, 0) is 43.5 Å². The van der Waals surface area contributed by atoms with E-state index in [9.17, 15) is 14.0 Å². The number of carbonyl (C=O) groups excluding carboxylic acids is 1. The fraction of sp³-hybridized carbons (Fsp3) is 0.185. The van der Waals surface area contributed by atoms with Gasteiger partial charge in [0.15, 0.2) is 22.7 Å². The van der Waals surface area contributed by atoms with Crippen LogP contribution in [0.25, 0.3) is 16.7 Å². The van der Waals surface area contributed by atoms with Gasteiger partial charge in [-0.1, -0.05) is 6.58 Å². The molecule has 0 bridgehead atoms. The standard InChI is InChI=1S/C27H24F3N7O2/c1-3-23(39)32-17-12-16(28)13-18(14-17)37-7-6-22(38)19-15-31-27(34-26(19)37)33-20-4-5-21(25(30)24(20)29)36-10-8-35(2)9-11-36/h3-7,12-15H,1,8-11H2,2H3,(H,32,39)(H,31,33,34). The second kappa shape index (κ2) is 10.6. The summed E-state index contributed by atoms with van der Waals surface area (Å²) in [6, 6.07) is 7.96. The van der Waals surface area contributed by atoms with Crippen LogP contribution < -0.4 is 21.0 Å². The number of benzene rings is 2. The Morgan fingerprint density at radius 2 is 1.82 bits per heavy atom. The zero-order valence-corrected chi connectivity index (χ0v) is 20.9. The number of carbonyl (C=O) groups is 1. The van der Waals surface area contributed by atoms with Crippen LogP contribution >= 0.6 is 0 Å². The van der Waals surface area contributed by atoms with Gasteiger partial charge in [0.25, 0.3) is 0 Å². The number of pyridine rings is 1. The Bertz CT molecular complexity index is 1650. The van der Waals surface area contributed by atoms with Gasteiger partial charge in [-0.25, -0.2) is 18.2 Å². The van der Waals surface area contributed by atoms with Crippen LogP contribution in [-0.4, -0.2) is 58.6 Å². The predicted molar refractivity (Wildman–Crippen MR) is 143 cm³/mol. The van der Waals surface area contributed by atoms with E-state index < -0.39 is 28.8 Å². The van der Waals surface area contributed by atoms with Gasteiger partial charge in [0.2, 0.25) is 11.9 Å². The summed E-state index contributed by atoms with van der Waals surface area (Å²) in [5.74, 6) is -3.37. The van der Waals surface area contributed by atoms with Crippen molar-refractivity contribution in [3.8, 4) is 5.69 Å². The molecule has 1 amide bonds. The number of hydrogen-bond acceptors (Lipinski definition) is 7. The topological polar surface area (TPSA) is 95.4 Å². The fourth-order valence-electron chi connectivity index (χ4n) is 4.33. The van der Waals surface area contributed by atoms with Gasteiger partial charge in [0.05, 0.1) is 22.4 Å². The lowest BCUT2D eigenvalue weighted by Crippen LogP contribution is -2.44. The van der Waals surface area contributed by atoms with Crippen LogP contribution in [0.5, 0.6) is 0 Å². The van der Waals surface area contributed by atoms with Gasteiger partial charge in [-0.3, -0.25) is 9.59 Å². The van der Waals surface area contributed by atoms with E-state index >= 15 is 8.78 Å². The van der Waals surface area contributed by atoms with Crippen LogP contribution in [0.2, 0.25) is 0 Å². The Labute approximate surface area is 221 Å². The smallest absolute Gasteiger partial charge is 0.247 e. The molecule has 39 heavy (non-hydrogen) atoms. The molecule has 2 aromatic carbocycles.